The summed E-state index contributed by atoms with van der Waals surface area (Å²) in [7, 11) is 4.73. The molecule has 0 bridgehead atoms. The molecular formula is C20H21NO4. The zero-order valence-corrected chi connectivity index (χ0v) is 14.8. The first-order valence-corrected chi connectivity index (χ1v) is 7.81. The van der Waals surface area contributed by atoms with Gasteiger partial charge in [-0.1, -0.05) is 6.07 Å². The summed E-state index contributed by atoms with van der Waals surface area (Å²) in [5, 5.41) is 9.56. The van der Waals surface area contributed by atoms with Crippen molar-refractivity contribution < 1.29 is 18.9 Å². The number of methoxy groups -OCH3 is 3. The number of nitrogens with zero attached hydrogens (tertiary/aromatic N) is 1. The zero-order valence-electron chi connectivity index (χ0n) is 14.8. The molecule has 0 atom stereocenters. The fraction of sp³-hybridized carbons (Fsp3) is 0.250. The Kier molecular flexibility index (Phi) is 6.30. The van der Waals surface area contributed by atoms with E-state index in [0.717, 1.165) is 11.1 Å². The van der Waals surface area contributed by atoms with Gasteiger partial charge in [0.25, 0.3) is 0 Å². The molecule has 0 aromatic heterocycles. The van der Waals surface area contributed by atoms with Crippen LogP contribution in [0.25, 0.3) is 11.6 Å². The maximum absolute atomic E-state index is 9.56. The van der Waals surface area contributed by atoms with Gasteiger partial charge in [0.2, 0.25) is 0 Å². The van der Waals surface area contributed by atoms with E-state index in [1.54, 1.807) is 39.5 Å². The predicted molar refractivity (Wildman–Crippen MR) is 97.2 cm³/mol. The van der Waals surface area contributed by atoms with Crippen molar-refractivity contribution >= 4 is 11.6 Å². The van der Waals surface area contributed by atoms with E-state index in [-0.39, 0.29) is 0 Å². The summed E-state index contributed by atoms with van der Waals surface area (Å²) in [6.45, 7) is 2.44. The topological polar surface area (TPSA) is 60.7 Å². The van der Waals surface area contributed by atoms with Gasteiger partial charge in [0.05, 0.1) is 39.6 Å². The Balaban J connectivity index is 2.44. The SMILES string of the molecule is CCOc1cc(/C=C(\C#N)c2ccc(OC)c(OC)c2)ccc1OC. The maximum Gasteiger partial charge on any atom is 0.161 e. The van der Waals surface area contributed by atoms with E-state index in [2.05, 4.69) is 6.07 Å². The van der Waals surface area contributed by atoms with Gasteiger partial charge < -0.3 is 18.9 Å². The molecule has 0 radical (unpaired) electrons. The molecular weight excluding hydrogens is 318 g/mol. The summed E-state index contributed by atoms with van der Waals surface area (Å²) in [6.07, 6.45) is 1.79. The lowest BCUT2D eigenvalue weighted by molar-refractivity contribution is 0.311. The molecule has 0 amide bonds. The number of ether oxygens (including phenoxy) is 4. The van der Waals surface area contributed by atoms with E-state index in [1.807, 2.05) is 31.2 Å². The molecule has 0 saturated heterocycles. The van der Waals surface area contributed by atoms with Crippen LogP contribution in [-0.2, 0) is 0 Å². The van der Waals surface area contributed by atoms with E-state index < -0.39 is 0 Å². The average molecular weight is 339 g/mol. The second-order valence-electron chi connectivity index (χ2n) is 5.08. The van der Waals surface area contributed by atoms with E-state index >= 15 is 0 Å². The Morgan fingerprint density at radius 2 is 1.56 bits per heavy atom. The van der Waals surface area contributed by atoms with Crippen LogP contribution in [0.1, 0.15) is 18.1 Å². The molecule has 0 aliphatic heterocycles. The lowest BCUT2D eigenvalue weighted by atomic mass is 10.0. The van der Waals surface area contributed by atoms with Crippen molar-refractivity contribution in [3.05, 3.63) is 47.5 Å². The third kappa shape index (κ3) is 4.24. The molecule has 2 aromatic carbocycles. The minimum atomic E-state index is 0.508. The molecule has 130 valence electrons. The van der Waals surface area contributed by atoms with Crippen molar-refractivity contribution in [2.24, 2.45) is 0 Å². The number of allylic oxidation sites excluding steroid dienone is 1. The van der Waals surface area contributed by atoms with Gasteiger partial charge in [-0.25, -0.2) is 0 Å². The van der Waals surface area contributed by atoms with E-state index in [9.17, 15) is 5.26 Å². The third-order valence-corrected chi connectivity index (χ3v) is 3.61. The highest BCUT2D eigenvalue weighted by Gasteiger charge is 2.09. The van der Waals surface area contributed by atoms with Gasteiger partial charge in [0.1, 0.15) is 0 Å². The van der Waals surface area contributed by atoms with Crippen LogP contribution in [0.3, 0.4) is 0 Å². The summed E-state index contributed by atoms with van der Waals surface area (Å²) in [5.74, 6) is 2.49. The molecule has 25 heavy (non-hydrogen) atoms. The highest BCUT2D eigenvalue weighted by atomic mass is 16.5. The van der Waals surface area contributed by atoms with Gasteiger partial charge in [-0.3, -0.25) is 0 Å². The van der Waals surface area contributed by atoms with Crippen molar-refractivity contribution in [1.29, 1.82) is 5.26 Å². The summed E-state index contributed by atoms with van der Waals surface area (Å²) >= 11 is 0. The van der Waals surface area contributed by atoms with Crippen LogP contribution in [0.5, 0.6) is 23.0 Å². The maximum atomic E-state index is 9.56. The van der Waals surface area contributed by atoms with Gasteiger partial charge in [0.15, 0.2) is 23.0 Å². The fourth-order valence-corrected chi connectivity index (χ4v) is 2.40. The quantitative estimate of drug-likeness (QED) is 0.559. The first kappa shape index (κ1) is 18.2. The lowest BCUT2D eigenvalue weighted by Crippen LogP contribution is -1.95. The lowest BCUT2D eigenvalue weighted by Gasteiger charge is -2.11. The summed E-state index contributed by atoms with van der Waals surface area (Å²) in [4.78, 5) is 0. The second-order valence-corrected chi connectivity index (χ2v) is 5.08. The monoisotopic (exact) mass is 339 g/mol. The summed E-state index contributed by atoms with van der Waals surface area (Å²) in [6, 6.07) is 13.1. The highest BCUT2D eigenvalue weighted by Crippen LogP contribution is 2.32. The standard InChI is InChI=1S/C20H21NO4/c1-5-25-20-11-14(6-8-18(20)23-3)10-16(13-21)15-7-9-17(22-2)19(12-15)24-4/h6-12H,5H2,1-4H3/b16-10+. The van der Waals surface area contributed by atoms with Crippen molar-refractivity contribution in [2.75, 3.05) is 27.9 Å². The van der Waals surface area contributed by atoms with E-state index in [0.29, 0.717) is 35.2 Å². The van der Waals surface area contributed by atoms with Crippen LogP contribution in [0, 0.1) is 11.3 Å². The Morgan fingerprint density at radius 3 is 2.16 bits per heavy atom. The normalized spacial score (nSPS) is 10.8. The Morgan fingerprint density at radius 1 is 0.920 bits per heavy atom. The molecule has 0 unspecified atom stereocenters. The first-order valence-electron chi connectivity index (χ1n) is 7.81. The Labute approximate surface area is 148 Å². The van der Waals surface area contributed by atoms with Gasteiger partial charge in [0, 0.05) is 0 Å². The van der Waals surface area contributed by atoms with Gasteiger partial charge in [-0.15, -0.1) is 0 Å². The molecule has 0 fully saturated rings. The van der Waals surface area contributed by atoms with Crippen LogP contribution in [-0.4, -0.2) is 27.9 Å². The van der Waals surface area contributed by atoms with Gasteiger partial charge >= 0.3 is 0 Å². The number of hydrogen-bond acceptors (Lipinski definition) is 5. The highest BCUT2D eigenvalue weighted by molar-refractivity contribution is 5.90. The smallest absolute Gasteiger partial charge is 0.161 e. The van der Waals surface area contributed by atoms with Crippen molar-refractivity contribution in [2.45, 2.75) is 6.92 Å². The Hall–Kier alpha value is -3.13. The molecule has 0 spiro atoms. The Bertz CT molecular complexity index is 806. The van der Waals surface area contributed by atoms with Crippen molar-refractivity contribution in [1.82, 2.24) is 0 Å². The van der Waals surface area contributed by atoms with E-state index in [4.69, 9.17) is 18.9 Å². The van der Waals surface area contributed by atoms with Crippen molar-refractivity contribution in [3.8, 4) is 29.1 Å². The predicted octanol–water partition coefficient (Wildman–Crippen LogP) is 4.18. The van der Waals surface area contributed by atoms with Crippen LogP contribution < -0.4 is 18.9 Å². The fourth-order valence-electron chi connectivity index (χ4n) is 2.40. The molecule has 0 heterocycles. The third-order valence-electron chi connectivity index (χ3n) is 3.61. The zero-order chi connectivity index (χ0) is 18.2. The molecule has 5 heteroatoms. The van der Waals surface area contributed by atoms with Gasteiger partial charge in [-0.2, -0.15) is 5.26 Å². The largest absolute Gasteiger partial charge is 0.493 e. The minimum Gasteiger partial charge on any atom is -0.493 e. The number of benzene rings is 2. The van der Waals surface area contributed by atoms with Crippen LogP contribution >= 0.6 is 0 Å². The van der Waals surface area contributed by atoms with Crippen molar-refractivity contribution in [3.63, 3.8) is 0 Å². The number of hydrogen-bond donors (Lipinski definition) is 0. The number of nitriles is 1. The van der Waals surface area contributed by atoms with Gasteiger partial charge in [-0.05, 0) is 54.5 Å². The summed E-state index contributed by atoms with van der Waals surface area (Å²) < 4.78 is 21.4. The van der Waals surface area contributed by atoms with E-state index in [1.165, 1.54) is 0 Å². The molecule has 2 aromatic rings. The summed E-state index contributed by atoms with van der Waals surface area (Å²) in [5.41, 5.74) is 2.10. The number of rotatable bonds is 7. The second kappa shape index (κ2) is 8.65. The minimum absolute atomic E-state index is 0.508. The first-order chi connectivity index (χ1) is 12.2. The molecule has 2 rings (SSSR count). The average Bonchev–Trinajstić information content (AvgIpc) is 2.66. The van der Waals surface area contributed by atoms with Crippen LogP contribution in [0.4, 0.5) is 0 Å². The molecule has 5 nitrogen and oxygen atoms in total. The molecule has 0 aliphatic rings. The van der Waals surface area contributed by atoms with Crippen LogP contribution in [0.15, 0.2) is 36.4 Å². The van der Waals surface area contributed by atoms with Crippen LogP contribution in [0.2, 0.25) is 0 Å². The molecule has 0 N–H and O–H groups in total. The molecule has 0 saturated carbocycles. The molecule has 0 aliphatic carbocycles.